The Bertz CT molecular complexity index is 1230. The van der Waals surface area contributed by atoms with Gasteiger partial charge in [-0.15, -0.1) is 0 Å². The van der Waals surface area contributed by atoms with Gasteiger partial charge in [0.2, 0.25) is 0 Å². The van der Waals surface area contributed by atoms with E-state index in [9.17, 15) is 5.11 Å². The van der Waals surface area contributed by atoms with Gasteiger partial charge in [0.15, 0.2) is 0 Å². The molecule has 2 aromatic carbocycles. The summed E-state index contributed by atoms with van der Waals surface area (Å²) in [6.45, 7) is 16.0. The number of hydrogen-bond donors (Lipinski definition) is 1. The summed E-state index contributed by atoms with van der Waals surface area (Å²) in [5.74, 6) is 2.16. The number of anilines is 1. The number of fused-ring (bicyclic) bond motifs is 5. The average molecular weight is 514 g/mol. The second kappa shape index (κ2) is 9.49. The van der Waals surface area contributed by atoms with Crippen LogP contribution in [-0.4, -0.2) is 26.3 Å². The minimum atomic E-state index is -2.20. The van der Waals surface area contributed by atoms with E-state index >= 15 is 0 Å². The van der Waals surface area contributed by atoms with Crippen molar-refractivity contribution in [2.75, 3.05) is 11.9 Å². The molecule has 0 saturated heterocycles. The van der Waals surface area contributed by atoms with Crippen LogP contribution in [0.3, 0.4) is 0 Å². The van der Waals surface area contributed by atoms with Crippen molar-refractivity contribution in [1.82, 2.24) is 0 Å². The zero-order valence-corrected chi connectivity index (χ0v) is 25.3. The van der Waals surface area contributed by atoms with Crippen LogP contribution in [0.4, 0.5) is 5.69 Å². The van der Waals surface area contributed by atoms with Crippen LogP contribution in [0.25, 0.3) is 0 Å². The number of allylic oxidation sites excluding steroid dienone is 3. The molecular weight excluding hydrogens is 466 g/mol. The lowest BCUT2D eigenvalue weighted by atomic mass is 9.85. The van der Waals surface area contributed by atoms with Gasteiger partial charge in [0.1, 0.15) is 5.75 Å². The van der Waals surface area contributed by atoms with Gasteiger partial charge >= 0.3 is 0 Å². The molecule has 37 heavy (non-hydrogen) atoms. The molecule has 2 aliphatic carbocycles. The maximum absolute atomic E-state index is 12.1. The zero-order valence-electron chi connectivity index (χ0n) is 24.3. The summed E-state index contributed by atoms with van der Waals surface area (Å²) in [7, 11) is 0.132. The van der Waals surface area contributed by atoms with Gasteiger partial charge in [-0.05, 0) is 53.1 Å². The number of aromatic hydroxyl groups is 1. The lowest BCUT2D eigenvalue weighted by Crippen LogP contribution is -2.54. The standard InChI is InChI=1S/C34H47NOSi/c1-9-17-37(18-10-2,29-21-23(4)20-27(32(29)36)34(5,6)7)33-25-14-12-11-13-24(25)31-30(33)26-19-22(3)15-16-28(26)35(31)8/h11-16,19-21,24-25,30-31,33,36H,9-10,17-18H2,1-8H3. The summed E-state index contributed by atoms with van der Waals surface area (Å²) in [6.07, 6.45) is 12.0. The number of rotatable bonds is 6. The summed E-state index contributed by atoms with van der Waals surface area (Å²) in [5.41, 5.74) is 7.24. The van der Waals surface area contributed by atoms with Crippen LogP contribution in [0.5, 0.6) is 5.75 Å². The van der Waals surface area contributed by atoms with Gasteiger partial charge in [-0.25, -0.2) is 0 Å². The largest absolute Gasteiger partial charge is 0.508 e. The molecule has 1 fully saturated rings. The molecule has 0 aromatic heterocycles. The number of phenols is 1. The number of likely N-dealkylation sites (N-methyl/N-ethyl adjacent to an activating group) is 1. The molecule has 0 spiro atoms. The lowest BCUT2D eigenvalue weighted by molar-refractivity contribution is 0.449. The van der Waals surface area contributed by atoms with Gasteiger partial charge < -0.3 is 10.0 Å². The number of aryl methyl sites for hydroxylation is 2. The van der Waals surface area contributed by atoms with Crippen LogP contribution >= 0.6 is 0 Å². The maximum atomic E-state index is 12.1. The molecule has 3 heteroatoms. The van der Waals surface area contributed by atoms with Crippen LogP contribution in [0, 0.1) is 25.7 Å². The average Bonchev–Trinajstić information content (AvgIpc) is 3.32. The molecule has 1 saturated carbocycles. The van der Waals surface area contributed by atoms with E-state index in [4.69, 9.17) is 0 Å². The monoisotopic (exact) mass is 513 g/mol. The van der Waals surface area contributed by atoms with Gasteiger partial charge in [-0.2, -0.15) is 0 Å². The Balaban J connectivity index is 1.81. The Morgan fingerprint density at radius 3 is 2.16 bits per heavy atom. The van der Waals surface area contributed by atoms with E-state index in [2.05, 4.69) is 115 Å². The highest BCUT2D eigenvalue weighted by Gasteiger charge is 2.62. The molecule has 3 aliphatic rings. The molecule has 1 N–H and O–H groups in total. The molecule has 5 rings (SSSR count). The van der Waals surface area contributed by atoms with Crippen LogP contribution in [-0.2, 0) is 5.41 Å². The van der Waals surface area contributed by atoms with Crippen molar-refractivity contribution in [2.45, 2.75) is 96.3 Å². The highest BCUT2D eigenvalue weighted by Crippen LogP contribution is 2.65. The molecule has 2 nitrogen and oxygen atoms in total. The Kier molecular flexibility index (Phi) is 6.76. The highest BCUT2D eigenvalue weighted by molar-refractivity contribution is 6.94. The highest BCUT2D eigenvalue weighted by atomic mass is 28.3. The minimum absolute atomic E-state index is 0.0884. The first-order valence-corrected chi connectivity index (χ1v) is 17.1. The number of nitrogens with zero attached hydrogens (tertiary/aromatic N) is 1. The second-order valence-electron chi connectivity index (χ2n) is 13.3. The van der Waals surface area contributed by atoms with Crippen molar-refractivity contribution in [2.24, 2.45) is 11.8 Å². The SMILES string of the molecule is CCC[Si](CCC)(c1cc(C)cc(C(C)(C)C)c1O)C1C2C=CC=CC2C2C1c1cc(C)ccc1N2C. The topological polar surface area (TPSA) is 23.5 Å². The van der Waals surface area contributed by atoms with Crippen molar-refractivity contribution in [3.63, 3.8) is 0 Å². The molecule has 2 aromatic rings. The van der Waals surface area contributed by atoms with Gasteiger partial charge in [-0.1, -0.05) is 119 Å². The smallest absolute Gasteiger partial charge is 0.118 e. The van der Waals surface area contributed by atoms with Crippen LogP contribution in [0.2, 0.25) is 17.6 Å². The summed E-state index contributed by atoms with van der Waals surface area (Å²) >= 11 is 0. The van der Waals surface area contributed by atoms with E-state index in [1.807, 2.05) is 0 Å². The second-order valence-corrected chi connectivity index (χ2v) is 17.8. The van der Waals surface area contributed by atoms with E-state index in [0.29, 0.717) is 35.1 Å². The van der Waals surface area contributed by atoms with Crippen molar-refractivity contribution in [3.8, 4) is 5.75 Å². The summed E-state index contributed by atoms with van der Waals surface area (Å²) < 4.78 is 0. The van der Waals surface area contributed by atoms with E-state index in [1.165, 1.54) is 46.9 Å². The Morgan fingerprint density at radius 2 is 1.54 bits per heavy atom. The molecule has 0 radical (unpaired) electrons. The minimum Gasteiger partial charge on any atom is -0.508 e. The predicted molar refractivity (Wildman–Crippen MR) is 162 cm³/mol. The first kappa shape index (κ1) is 26.3. The van der Waals surface area contributed by atoms with Crippen molar-refractivity contribution < 1.29 is 5.11 Å². The number of phenolic OH excluding ortho intramolecular Hbond substituents is 1. The molecule has 1 heterocycles. The molecule has 198 valence electrons. The quantitative estimate of drug-likeness (QED) is 0.394. The Hall–Kier alpha value is -2.26. The first-order valence-electron chi connectivity index (χ1n) is 14.6. The van der Waals surface area contributed by atoms with Gasteiger partial charge in [-0.3, -0.25) is 0 Å². The maximum Gasteiger partial charge on any atom is 0.118 e. The molecule has 5 atom stereocenters. The third kappa shape index (κ3) is 4.04. The van der Waals surface area contributed by atoms with Crippen molar-refractivity contribution in [1.29, 1.82) is 0 Å². The van der Waals surface area contributed by atoms with E-state index < -0.39 is 8.07 Å². The predicted octanol–water partition coefficient (Wildman–Crippen LogP) is 8.13. The van der Waals surface area contributed by atoms with Crippen LogP contribution in [0.15, 0.2) is 54.6 Å². The van der Waals surface area contributed by atoms with Crippen molar-refractivity contribution in [3.05, 3.63) is 76.9 Å². The first-order chi connectivity index (χ1) is 17.5. The van der Waals surface area contributed by atoms with Gasteiger partial charge in [0, 0.05) is 30.6 Å². The van der Waals surface area contributed by atoms with E-state index in [0.717, 1.165) is 5.56 Å². The summed E-state index contributed by atoms with van der Waals surface area (Å²) in [5, 5.41) is 13.5. The van der Waals surface area contributed by atoms with E-state index in [1.54, 1.807) is 5.56 Å². The Morgan fingerprint density at radius 1 is 0.892 bits per heavy atom. The van der Waals surface area contributed by atoms with E-state index in [-0.39, 0.29) is 5.41 Å². The Labute approximate surface area is 226 Å². The third-order valence-electron chi connectivity index (χ3n) is 9.78. The van der Waals surface area contributed by atoms with Crippen LogP contribution in [0.1, 0.15) is 75.6 Å². The van der Waals surface area contributed by atoms with Gasteiger partial charge in [0.25, 0.3) is 0 Å². The lowest BCUT2D eigenvalue weighted by Gasteiger charge is -2.44. The molecule has 0 bridgehead atoms. The normalized spacial score (nSPS) is 26.4. The molecule has 0 amide bonds. The summed E-state index contributed by atoms with van der Waals surface area (Å²) in [4.78, 5) is 2.61. The van der Waals surface area contributed by atoms with Crippen LogP contribution < -0.4 is 10.1 Å². The zero-order chi connectivity index (χ0) is 26.7. The van der Waals surface area contributed by atoms with Crippen molar-refractivity contribution >= 4 is 18.9 Å². The fourth-order valence-corrected chi connectivity index (χ4v) is 15.4. The fourth-order valence-electron chi connectivity index (χ4n) is 8.57. The third-order valence-corrected chi connectivity index (χ3v) is 16.0. The van der Waals surface area contributed by atoms with Gasteiger partial charge in [0.05, 0.1) is 8.07 Å². The number of hydrogen-bond acceptors (Lipinski definition) is 2. The molecular formula is C34H47NOSi. The molecule has 5 unspecified atom stereocenters. The number of benzene rings is 2. The summed E-state index contributed by atoms with van der Waals surface area (Å²) in [6, 6.07) is 14.7. The fraction of sp³-hybridized carbons (Fsp3) is 0.529. The molecule has 1 aliphatic heterocycles.